The van der Waals surface area contributed by atoms with Gasteiger partial charge in [-0.05, 0) is 49.1 Å². The van der Waals surface area contributed by atoms with Gasteiger partial charge in [-0.2, -0.15) is 0 Å². The first-order chi connectivity index (χ1) is 14.4. The van der Waals surface area contributed by atoms with Crippen LogP contribution in [0.2, 0.25) is 0 Å². The van der Waals surface area contributed by atoms with Crippen molar-refractivity contribution in [3.05, 3.63) is 28.1 Å². The van der Waals surface area contributed by atoms with E-state index in [0.29, 0.717) is 28.6 Å². The smallest absolute Gasteiger partial charge is 0.305 e. The Hall–Kier alpha value is -1.45. The monoisotopic (exact) mass is 484 g/mol. The number of anilines is 1. The molecule has 0 unspecified atom stereocenters. The van der Waals surface area contributed by atoms with Crippen molar-refractivity contribution in [2.24, 2.45) is 11.3 Å². The molecule has 0 bridgehead atoms. The van der Waals surface area contributed by atoms with E-state index in [1.807, 2.05) is 4.90 Å². The highest BCUT2D eigenvalue weighted by Gasteiger charge is 2.31. The van der Waals surface area contributed by atoms with Crippen LogP contribution in [0, 0.1) is 11.3 Å². The van der Waals surface area contributed by atoms with Crippen LogP contribution >= 0.6 is 22.7 Å². The van der Waals surface area contributed by atoms with E-state index in [1.165, 1.54) is 30.4 Å². The molecule has 1 aliphatic carbocycles. The summed E-state index contributed by atoms with van der Waals surface area (Å²) in [6, 6.07) is 3.42. The van der Waals surface area contributed by atoms with Crippen LogP contribution in [0.4, 0.5) is 5.13 Å². The number of carboxylic acids is 1. The standard InChI is InChI=1S/C22H32N2O4S3/c1-22(2,3)16-7-5-15(6-8-16)18-14-29-21(23-18)24(12-11-19(25)26)13-17-9-10-20(30-17)31(4,27)28/h9-10,14-16H,5-8,11-13H2,1-4H3,(H,25,26). The number of thiazole rings is 1. The molecular weight excluding hydrogens is 452 g/mol. The fourth-order valence-corrected chi connectivity index (χ4v) is 7.09. The van der Waals surface area contributed by atoms with Gasteiger partial charge < -0.3 is 10.0 Å². The molecule has 0 spiro atoms. The maximum absolute atomic E-state index is 11.8. The highest BCUT2D eigenvalue weighted by atomic mass is 32.2. The van der Waals surface area contributed by atoms with E-state index >= 15 is 0 Å². The molecule has 1 fully saturated rings. The van der Waals surface area contributed by atoms with Gasteiger partial charge in [-0.3, -0.25) is 4.79 Å². The lowest BCUT2D eigenvalue weighted by Gasteiger charge is -2.36. The number of aliphatic carboxylic acids is 1. The minimum Gasteiger partial charge on any atom is -0.481 e. The summed E-state index contributed by atoms with van der Waals surface area (Å²) in [5.74, 6) is 0.352. The Kier molecular flexibility index (Phi) is 7.48. The van der Waals surface area contributed by atoms with E-state index in [0.717, 1.165) is 34.5 Å². The quantitative estimate of drug-likeness (QED) is 0.539. The molecule has 1 saturated carbocycles. The van der Waals surface area contributed by atoms with Gasteiger partial charge in [-0.15, -0.1) is 22.7 Å². The number of nitrogens with zero attached hydrogens (tertiary/aromatic N) is 2. The second kappa shape index (κ2) is 9.58. The summed E-state index contributed by atoms with van der Waals surface area (Å²) >= 11 is 2.78. The van der Waals surface area contributed by atoms with Crippen molar-refractivity contribution in [3.8, 4) is 0 Å². The highest BCUT2D eigenvalue weighted by molar-refractivity contribution is 7.92. The van der Waals surface area contributed by atoms with Crippen molar-refractivity contribution >= 4 is 43.6 Å². The zero-order valence-electron chi connectivity index (χ0n) is 18.6. The Balaban J connectivity index is 1.73. The zero-order chi connectivity index (χ0) is 22.8. The molecule has 31 heavy (non-hydrogen) atoms. The van der Waals surface area contributed by atoms with Gasteiger partial charge in [0.15, 0.2) is 15.0 Å². The molecule has 0 aromatic carbocycles. The lowest BCUT2D eigenvalue weighted by molar-refractivity contribution is -0.136. The fourth-order valence-electron chi connectivity index (χ4n) is 4.17. The summed E-state index contributed by atoms with van der Waals surface area (Å²) in [6.45, 7) is 7.75. The van der Waals surface area contributed by atoms with Crippen LogP contribution < -0.4 is 4.90 Å². The van der Waals surface area contributed by atoms with E-state index in [2.05, 4.69) is 26.2 Å². The number of hydrogen-bond acceptors (Lipinski definition) is 7. The third kappa shape index (κ3) is 6.52. The summed E-state index contributed by atoms with van der Waals surface area (Å²) in [4.78, 5) is 18.9. The molecule has 2 aromatic heterocycles. The maximum atomic E-state index is 11.8. The second-order valence-electron chi connectivity index (χ2n) is 9.53. The van der Waals surface area contributed by atoms with Gasteiger partial charge >= 0.3 is 5.97 Å². The summed E-state index contributed by atoms with van der Waals surface area (Å²) in [5, 5.41) is 12.1. The van der Waals surface area contributed by atoms with Gasteiger partial charge in [-0.25, -0.2) is 13.4 Å². The largest absolute Gasteiger partial charge is 0.481 e. The van der Waals surface area contributed by atoms with Gasteiger partial charge in [0.25, 0.3) is 0 Å². The van der Waals surface area contributed by atoms with Gasteiger partial charge in [0.2, 0.25) is 0 Å². The van der Waals surface area contributed by atoms with Crippen molar-refractivity contribution in [1.29, 1.82) is 0 Å². The molecule has 1 aliphatic rings. The summed E-state index contributed by atoms with van der Waals surface area (Å²) in [5.41, 5.74) is 1.45. The molecule has 2 heterocycles. The van der Waals surface area contributed by atoms with E-state index in [1.54, 1.807) is 23.5 Å². The minimum atomic E-state index is -3.24. The van der Waals surface area contributed by atoms with Gasteiger partial charge in [0.1, 0.15) is 4.21 Å². The Labute approximate surface area is 193 Å². The van der Waals surface area contributed by atoms with Crippen molar-refractivity contribution in [1.82, 2.24) is 4.98 Å². The van der Waals surface area contributed by atoms with Crippen molar-refractivity contribution < 1.29 is 18.3 Å². The molecule has 1 N–H and O–H groups in total. The number of thiophene rings is 1. The lowest BCUT2D eigenvalue weighted by Crippen LogP contribution is -2.26. The van der Waals surface area contributed by atoms with E-state index in [9.17, 15) is 13.2 Å². The van der Waals surface area contributed by atoms with Gasteiger partial charge in [-0.1, -0.05) is 20.8 Å². The van der Waals surface area contributed by atoms with Crippen molar-refractivity contribution in [2.45, 2.75) is 69.5 Å². The minimum absolute atomic E-state index is 0.00983. The first-order valence-corrected chi connectivity index (χ1v) is 14.2. The predicted octanol–water partition coefficient (Wildman–Crippen LogP) is 5.41. The number of rotatable bonds is 8. The topological polar surface area (TPSA) is 87.6 Å². The number of carboxylic acid groups (broad SMARTS) is 1. The number of carbonyl (C=O) groups is 1. The average molecular weight is 485 g/mol. The van der Waals surface area contributed by atoms with Crippen LogP contribution in [0.3, 0.4) is 0 Å². The van der Waals surface area contributed by atoms with Crippen LogP contribution in [0.1, 0.15) is 69.4 Å². The Morgan fingerprint density at radius 2 is 1.90 bits per heavy atom. The molecular formula is C22H32N2O4S3. The molecule has 3 rings (SSSR count). The number of hydrogen-bond donors (Lipinski definition) is 1. The fraction of sp³-hybridized carbons (Fsp3) is 0.636. The van der Waals surface area contributed by atoms with Crippen molar-refractivity contribution in [3.63, 3.8) is 0 Å². The molecule has 0 radical (unpaired) electrons. The van der Waals surface area contributed by atoms with Crippen LogP contribution in [0.15, 0.2) is 21.7 Å². The first kappa shape index (κ1) is 24.2. The molecule has 2 aromatic rings. The SMILES string of the molecule is CC(C)(C)C1CCC(c2csc(N(CCC(=O)O)Cc3ccc(S(C)(=O)=O)s3)n2)CC1. The molecule has 0 aliphatic heterocycles. The summed E-state index contributed by atoms with van der Waals surface area (Å²) < 4.78 is 23.9. The van der Waals surface area contributed by atoms with Crippen LogP contribution in [0.5, 0.6) is 0 Å². The first-order valence-electron chi connectivity index (χ1n) is 10.6. The lowest BCUT2D eigenvalue weighted by atomic mass is 9.69. The molecule has 9 heteroatoms. The predicted molar refractivity (Wildman–Crippen MR) is 127 cm³/mol. The number of aromatic nitrogens is 1. The zero-order valence-corrected chi connectivity index (χ0v) is 21.1. The molecule has 0 saturated heterocycles. The average Bonchev–Trinajstić information content (AvgIpc) is 3.34. The molecule has 172 valence electrons. The van der Waals surface area contributed by atoms with Gasteiger partial charge in [0.05, 0.1) is 18.7 Å². The summed E-state index contributed by atoms with van der Waals surface area (Å²) in [7, 11) is -3.24. The van der Waals surface area contributed by atoms with Crippen LogP contribution in [0.25, 0.3) is 0 Å². The van der Waals surface area contributed by atoms with E-state index in [4.69, 9.17) is 10.1 Å². The summed E-state index contributed by atoms with van der Waals surface area (Å²) in [6.07, 6.45) is 5.93. The van der Waals surface area contributed by atoms with Crippen LogP contribution in [-0.2, 0) is 21.2 Å². The molecule has 0 atom stereocenters. The normalized spacial score (nSPS) is 20.0. The van der Waals surface area contributed by atoms with Crippen molar-refractivity contribution in [2.75, 3.05) is 17.7 Å². The van der Waals surface area contributed by atoms with Gasteiger partial charge in [0, 0.05) is 29.0 Å². The molecule has 6 nitrogen and oxygen atoms in total. The molecule has 0 amide bonds. The Morgan fingerprint density at radius 1 is 1.23 bits per heavy atom. The Bertz CT molecular complexity index is 996. The van der Waals surface area contributed by atoms with Crippen LogP contribution in [-0.4, -0.2) is 37.3 Å². The Morgan fingerprint density at radius 3 is 2.45 bits per heavy atom. The van der Waals surface area contributed by atoms with E-state index in [-0.39, 0.29) is 6.42 Å². The van der Waals surface area contributed by atoms with E-state index < -0.39 is 15.8 Å². The number of sulfone groups is 1. The second-order valence-corrected chi connectivity index (χ2v) is 13.8. The highest BCUT2D eigenvalue weighted by Crippen LogP contribution is 2.43. The third-order valence-electron chi connectivity index (χ3n) is 6.10. The maximum Gasteiger partial charge on any atom is 0.305 e. The third-order valence-corrected chi connectivity index (χ3v) is 9.90.